The first kappa shape index (κ1) is 20.4. The monoisotopic (exact) mass is 405 g/mol. The van der Waals surface area contributed by atoms with Gasteiger partial charge in [-0.05, 0) is 50.8 Å². The highest BCUT2D eigenvalue weighted by atomic mass is 32.2. The Bertz CT molecular complexity index is 901. The van der Waals surface area contributed by atoms with Crippen LogP contribution in [0.5, 0.6) is 0 Å². The summed E-state index contributed by atoms with van der Waals surface area (Å²) in [5, 5.41) is 5.72. The van der Waals surface area contributed by atoms with Crippen molar-refractivity contribution in [1.29, 1.82) is 0 Å². The zero-order chi connectivity index (χ0) is 20.1. The van der Waals surface area contributed by atoms with Crippen LogP contribution in [-0.4, -0.2) is 38.4 Å². The molecule has 28 heavy (non-hydrogen) atoms. The number of aryl methyl sites for hydroxylation is 2. The predicted molar refractivity (Wildman–Crippen MR) is 106 cm³/mol. The first-order chi connectivity index (χ1) is 13.4. The highest BCUT2D eigenvalue weighted by molar-refractivity contribution is 7.89. The summed E-state index contributed by atoms with van der Waals surface area (Å²) < 4.78 is 32.3. The highest BCUT2D eigenvalue weighted by Gasteiger charge is 2.29. The van der Waals surface area contributed by atoms with Crippen LogP contribution in [-0.2, 0) is 16.6 Å². The smallest absolute Gasteiger partial charge is 0.315 e. The van der Waals surface area contributed by atoms with E-state index in [0.717, 1.165) is 29.9 Å². The molecule has 2 N–H and O–H groups in total. The second kappa shape index (κ2) is 8.79. The maximum absolute atomic E-state index is 12.6. The van der Waals surface area contributed by atoms with Gasteiger partial charge in [0.05, 0.1) is 4.90 Å². The summed E-state index contributed by atoms with van der Waals surface area (Å²) in [7, 11) is -3.43. The van der Waals surface area contributed by atoms with Crippen molar-refractivity contribution in [2.45, 2.75) is 38.1 Å². The van der Waals surface area contributed by atoms with Crippen LogP contribution < -0.4 is 10.6 Å². The Balaban J connectivity index is 1.42. The van der Waals surface area contributed by atoms with E-state index in [1.54, 1.807) is 30.3 Å². The molecule has 0 spiro atoms. The van der Waals surface area contributed by atoms with Crippen LogP contribution in [0.25, 0.3) is 0 Å². The molecule has 1 aliphatic rings. The molecule has 2 amide bonds. The van der Waals surface area contributed by atoms with Gasteiger partial charge in [0.2, 0.25) is 10.0 Å². The Labute approximate surface area is 166 Å². The average molecular weight is 406 g/mol. The number of carbonyl (C=O) groups is 1. The quantitative estimate of drug-likeness (QED) is 0.773. The van der Waals surface area contributed by atoms with Crippen molar-refractivity contribution in [3.8, 4) is 0 Å². The summed E-state index contributed by atoms with van der Waals surface area (Å²) in [5.41, 5.74) is 0.965. The molecule has 1 aromatic carbocycles. The number of piperidine rings is 1. The molecule has 0 bridgehead atoms. The summed E-state index contributed by atoms with van der Waals surface area (Å²) in [6, 6.07) is 10.2. The minimum absolute atomic E-state index is 0.224. The lowest BCUT2D eigenvalue weighted by molar-refractivity contribution is 0.230. The summed E-state index contributed by atoms with van der Waals surface area (Å²) in [4.78, 5) is 12.4. The molecule has 1 aliphatic heterocycles. The van der Waals surface area contributed by atoms with Crippen LogP contribution in [0, 0.1) is 19.8 Å². The Kier molecular flexibility index (Phi) is 6.41. The van der Waals surface area contributed by atoms with Gasteiger partial charge in [-0.3, -0.25) is 0 Å². The molecule has 8 heteroatoms. The van der Waals surface area contributed by atoms with Crippen molar-refractivity contribution in [3.63, 3.8) is 0 Å². The van der Waals surface area contributed by atoms with Gasteiger partial charge in [0.25, 0.3) is 0 Å². The fourth-order valence-electron chi connectivity index (χ4n) is 3.43. The topological polar surface area (TPSA) is 91.7 Å². The van der Waals surface area contributed by atoms with Crippen LogP contribution in [0.2, 0.25) is 0 Å². The number of benzene rings is 1. The van der Waals surface area contributed by atoms with Gasteiger partial charge in [-0.15, -0.1) is 0 Å². The van der Waals surface area contributed by atoms with E-state index in [0.29, 0.717) is 31.1 Å². The minimum Gasteiger partial charge on any atom is -0.466 e. The minimum atomic E-state index is -3.43. The predicted octanol–water partition coefficient (Wildman–Crippen LogP) is 2.80. The standard InChI is InChI=1S/C20H27N3O4S/c1-15-12-18(16(2)27-15)14-22-20(24)21-13-17-8-10-23(11-9-17)28(25,26)19-6-4-3-5-7-19/h3-7,12,17H,8-11,13-14H2,1-2H3,(H2,21,22,24). The van der Waals surface area contributed by atoms with E-state index in [9.17, 15) is 13.2 Å². The number of hydrogen-bond acceptors (Lipinski definition) is 4. The van der Waals surface area contributed by atoms with Gasteiger partial charge in [-0.1, -0.05) is 18.2 Å². The molecule has 7 nitrogen and oxygen atoms in total. The Hall–Kier alpha value is -2.32. The second-order valence-electron chi connectivity index (χ2n) is 7.16. The van der Waals surface area contributed by atoms with Crippen LogP contribution in [0.15, 0.2) is 45.7 Å². The number of carbonyl (C=O) groups excluding carboxylic acids is 1. The third-order valence-electron chi connectivity index (χ3n) is 5.09. The normalized spacial score (nSPS) is 16.1. The highest BCUT2D eigenvalue weighted by Crippen LogP contribution is 2.23. The molecule has 1 saturated heterocycles. The molecular formula is C20H27N3O4S. The lowest BCUT2D eigenvalue weighted by atomic mass is 9.98. The lowest BCUT2D eigenvalue weighted by Crippen LogP contribution is -2.43. The number of rotatable bonds is 6. The average Bonchev–Trinajstić information content (AvgIpc) is 3.03. The molecule has 0 unspecified atom stereocenters. The third kappa shape index (κ3) is 4.94. The molecule has 152 valence electrons. The molecule has 2 heterocycles. The third-order valence-corrected chi connectivity index (χ3v) is 7.00. The molecule has 0 saturated carbocycles. The Morgan fingerprint density at radius 3 is 2.43 bits per heavy atom. The van der Waals surface area contributed by atoms with E-state index in [1.165, 1.54) is 4.31 Å². The van der Waals surface area contributed by atoms with Crippen LogP contribution in [0.4, 0.5) is 4.79 Å². The number of urea groups is 1. The number of amides is 2. The van der Waals surface area contributed by atoms with Crippen LogP contribution in [0.1, 0.15) is 29.9 Å². The van der Waals surface area contributed by atoms with Gasteiger partial charge in [0.15, 0.2) is 0 Å². The number of nitrogens with one attached hydrogen (secondary N) is 2. The fourth-order valence-corrected chi connectivity index (χ4v) is 4.92. The van der Waals surface area contributed by atoms with Crippen molar-refractivity contribution >= 4 is 16.1 Å². The number of hydrogen-bond donors (Lipinski definition) is 2. The van der Waals surface area contributed by atoms with Crippen LogP contribution >= 0.6 is 0 Å². The molecule has 0 radical (unpaired) electrons. The first-order valence-electron chi connectivity index (χ1n) is 9.49. The second-order valence-corrected chi connectivity index (χ2v) is 9.10. The number of nitrogens with zero attached hydrogens (tertiary/aromatic N) is 1. The summed E-state index contributed by atoms with van der Waals surface area (Å²) in [5.74, 6) is 1.91. The van der Waals surface area contributed by atoms with Crippen LogP contribution in [0.3, 0.4) is 0 Å². The van der Waals surface area contributed by atoms with Gasteiger partial charge < -0.3 is 15.1 Å². The van der Waals surface area contributed by atoms with Gasteiger partial charge in [0.1, 0.15) is 11.5 Å². The molecule has 3 rings (SSSR count). The maximum atomic E-state index is 12.6. The summed E-state index contributed by atoms with van der Waals surface area (Å²) >= 11 is 0. The molecule has 0 aliphatic carbocycles. The van der Waals surface area contributed by atoms with Gasteiger partial charge in [-0.25, -0.2) is 13.2 Å². The lowest BCUT2D eigenvalue weighted by Gasteiger charge is -2.31. The molecular weight excluding hydrogens is 378 g/mol. The fraction of sp³-hybridized carbons (Fsp3) is 0.450. The largest absolute Gasteiger partial charge is 0.466 e. The van der Waals surface area contributed by atoms with E-state index in [-0.39, 0.29) is 11.9 Å². The van der Waals surface area contributed by atoms with Crippen molar-refractivity contribution in [2.24, 2.45) is 5.92 Å². The number of sulfonamides is 1. The molecule has 0 atom stereocenters. The van der Waals surface area contributed by atoms with E-state index in [1.807, 2.05) is 19.9 Å². The van der Waals surface area contributed by atoms with Gasteiger partial charge in [-0.2, -0.15) is 4.31 Å². The van der Waals surface area contributed by atoms with Crippen molar-refractivity contribution < 1.29 is 17.6 Å². The van der Waals surface area contributed by atoms with E-state index >= 15 is 0 Å². The summed E-state index contributed by atoms with van der Waals surface area (Å²) in [6.45, 7) is 5.65. The maximum Gasteiger partial charge on any atom is 0.315 e. The zero-order valence-electron chi connectivity index (χ0n) is 16.3. The van der Waals surface area contributed by atoms with Gasteiger partial charge >= 0.3 is 6.03 Å². The van der Waals surface area contributed by atoms with Crippen molar-refractivity contribution in [2.75, 3.05) is 19.6 Å². The van der Waals surface area contributed by atoms with E-state index in [2.05, 4.69) is 10.6 Å². The Morgan fingerprint density at radius 1 is 1.14 bits per heavy atom. The molecule has 1 aromatic heterocycles. The summed E-state index contributed by atoms with van der Waals surface area (Å²) in [6.07, 6.45) is 1.46. The van der Waals surface area contributed by atoms with Crippen molar-refractivity contribution in [1.82, 2.24) is 14.9 Å². The number of furan rings is 1. The van der Waals surface area contributed by atoms with E-state index in [4.69, 9.17) is 4.42 Å². The Morgan fingerprint density at radius 2 is 1.82 bits per heavy atom. The van der Waals surface area contributed by atoms with Gasteiger partial charge in [0, 0.05) is 31.7 Å². The SMILES string of the molecule is Cc1cc(CNC(=O)NCC2CCN(S(=O)(=O)c3ccccc3)CC2)c(C)o1. The molecule has 1 fully saturated rings. The zero-order valence-corrected chi connectivity index (χ0v) is 17.1. The van der Waals surface area contributed by atoms with Crippen molar-refractivity contribution in [3.05, 3.63) is 53.5 Å². The van der Waals surface area contributed by atoms with E-state index < -0.39 is 10.0 Å². The molecule has 2 aromatic rings. The first-order valence-corrected chi connectivity index (χ1v) is 10.9.